The van der Waals surface area contributed by atoms with Crippen molar-refractivity contribution >= 4 is 17.3 Å². The van der Waals surface area contributed by atoms with Crippen LogP contribution >= 0.6 is 11.3 Å². The third-order valence-corrected chi connectivity index (χ3v) is 4.54. The third kappa shape index (κ3) is 7.31. The summed E-state index contributed by atoms with van der Waals surface area (Å²) in [5, 5.41) is 9.84. The SMILES string of the molecule is CCNC(=NCc1nc(C(C)C)cs1)NCCCOCC1CC1. The Kier molecular flexibility index (Phi) is 7.82. The minimum Gasteiger partial charge on any atom is -0.381 e. The van der Waals surface area contributed by atoms with Crippen molar-refractivity contribution in [2.45, 2.75) is 52.5 Å². The number of rotatable bonds is 10. The van der Waals surface area contributed by atoms with Gasteiger partial charge in [0.15, 0.2) is 5.96 Å². The Bertz CT molecular complexity index is 483. The number of ether oxygens (including phenoxy) is 1. The summed E-state index contributed by atoms with van der Waals surface area (Å²) in [6.45, 7) is 10.5. The third-order valence-electron chi connectivity index (χ3n) is 3.69. The number of hydrogen-bond acceptors (Lipinski definition) is 4. The fraction of sp³-hybridized carbons (Fsp3) is 0.765. The van der Waals surface area contributed by atoms with E-state index in [0.29, 0.717) is 12.5 Å². The molecule has 1 aliphatic rings. The highest BCUT2D eigenvalue weighted by molar-refractivity contribution is 7.09. The smallest absolute Gasteiger partial charge is 0.191 e. The van der Waals surface area contributed by atoms with Gasteiger partial charge in [-0.25, -0.2) is 9.98 Å². The molecule has 1 aliphatic carbocycles. The summed E-state index contributed by atoms with van der Waals surface area (Å²) < 4.78 is 5.65. The van der Waals surface area contributed by atoms with E-state index >= 15 is 0 Å². The zero-order valence-corrected chi connectivity index (χ0v) is 15.4. The van der Waals surface area contributed by atoms with Gasteiger partial charge in [0.1, 0.15) is 5.01 Å². The Morgan fingerprint density at radius 3 is 2.91 bits per heavy atom. The van der Waals surface area contributed by atoms with Crippen LogP contribution in [0.25, 0.3) is 0 Å². The highest BCUT2D eigenvalue weighted by Gasteiger charge is 2.20. The van der Waals surface area contributed by atoms with Gasteiger partial charge in [0.05, 0.1) is 12.2 Å². The van der Waals surface area contributed by atoms with Crippen LogP contribution in [0.4, 0.5) is 0 Å². The molecule has 6 heteroatoms. The molecule has 0 saturated heterocycles. The highest BCUT2D eigenvalue weighted by atomic mass is 32.1. The van der Waals surface area contributed by atoms with Crippen molar-refractivity contribution in [3.63, 3.8) is 0 Å². The molecule has 0 aromatic carbocycles. The second kappa shape index (κ2) is 9.88. The van der Waals surface area contributed by atoms with Crippen molar-refractivity contribution in [1.82, 2.24) is 15.6 Å². The fourth-order valence-electron chi connectivity index (χ4n) is 2.07. The summed E-state index contributed by atoms with van der Waals surface area (Å²) in [6, 6.07) is 0. The zero-order valence-electron chi connectivity index (χ0n) is 14.6. The van der Waals surface area contributed by atoms with E-state index in [2.05, 4.69) is 46.8 Å². The molecule has 2 rings (SSSR count). The number of nitrogens with zero attached hydrogens (tertiary/aromatic N) is 2. The van der Waals surface area contributed by atoms with Crippen molar-refractivity contribution in [3.8, 4) is 0 Å². The normalized spacial score (nSPS) is 15.2. The molecule has 23 heavy (non-hydrogen) atoms. The molecule has 0 aliphatic heterocycles. The van der Waals surface area contributed by atoms with Crippen LogP contribution in [-0.4, -0.2) is 37.2 Å². The van der Waals surface area contributed by atoms with Crippen molar-refractivity contribution in [3.05, 3.63) is 16.1 Å². The number of thiazole rings is 1. The monoisotopic (exact) mass is 338 g/mol. The highest BCUT2D eigenvalue weighted by Crippen LogP contribution is 2.28. The molecule has 1 aromatic heterocycles. The molecule has 1 heterocycles. The molecular formula is C17H30N4OS. The van der Waals surface area contributed by atoms with E-state index in [-0.39, 0.29) is 0 Å². The van der Waals surface area contributed by atoms with E-state index in [1.807, 2.05) is 0 Å². The molecule has 5 nitrogen and oxygen atoms in total. The molecule has 0 spiro atoms. The predicted octanol–water partition coefficient (Wildman–Crippen LogP) is 3.14. The van der Waals surface area contributed by atoms with Gasteiger partial charge >= 0.3 is 0 Å². The molecule has 0 unspecified atom stereocenters. The lowest BCUT2D eigenvalue weighted by atomic mass is 10.2. The van der Waals surface area contributed by atoms with E-state index in [1.165, 1.54) is 12.8 Å². The maximum atomic E-state index is 5.65. The minimum atomic E-state index is 0.478. The molecule has 0 radical (unpaired) electrons. The summed E-state index contributed by atoms with van der Waals surface area (Å²) in [5.41, 5.74) is 1.16. The van der Waals surface area contributed by atoms with Gasteiger partial charge in [-0.1, -0.05) is 13.8 Å². The first-order valence-corrected chi connectivity index (χ1v) is 9.61. The number of hydrogen-bond donors (Lipinski definition) is 2. The van der Waals surface area contributed by atoms with Gasteiger partial charge in [0, 0.05) is 31.7 Å². The van der Waals surface area contributed by atoms with E-state index in [9.17, 15) is 0 Å². The Labute approximate surface area is 144 Å². The number of nitrogens with one attached hydrogen (secondary N) is 2. The van der Waals surface area contributed by atoms with Gasteiger partial charge in [0.2, 0.25) is 0 Å². The topological polar surface area (TPSA) is 58.5 Å². The Hall–Kier alpha value is -1.14. The molecule has 2 N–H and O–H groups in total. The van der Waals surface area contributed by atoms with Crippen LogP contribution in [0.2, 0.25) is 0 Å². The van der Waals surface area contributed by atoms with Crippen LogP contribution in [0.1, 0.15) is 56.7 Å². The van der Waals surface area contributed by atoms with Gasteiger partial charge in [-0.2, -0.15) is 0 Å². The quantitative estimate of drug-likeness (QED) is 0.391. The Balaban J connectivity index is 1.67. The van der Waals surface area contributed by atoms with Crippen LogP contribution in [0.3, 0.4) is 0 Å². The Morgan fingerprint density at radius 1 is 1.43 bits per heavy atom. The van der Waals surface area contributed by atoms with Crippen LogP contribution < -0.4 is 10.6 Å². The first kappa shape index (κ1) is 18.2. The number of aromatic nitrogens is 1. The van der Waals surface area contributed by atoms with Gasteiger partial charge in [-0.3, -0.25) is 0 Å². The average Bonchev–Trinajstić information content (AvgIpc) is 3.22. The average molecular weight is 339 g/mol. The largest absolute Gasteiger partial charge is 0.381 e. The summed E-state index contributed by atoms with van der Waals surface area (Å²) in [7, 11) is 0. The zero-order chi connectivity index (χ0) is 16.5. The van der Waals surface area contributed by atoms with E-state index in [1.54, 1.807) is 11.3 Å². The molecular weight excluding hydrogens is 308 g/mol. The van der Waals surface area contributed by atoms with Crippen LogP contribution in [0, 0.1) is 5.92 Å². The lowest BCUT2D eigenvalue weighted by Gasteiger charge is -2.11. The van der Waals surface area contributed by atoms with Crippen molar-refractivity contribution < 1.29 is 4.74 Å². The van der Waals surface area contributed by atoms with Gasteiger partial charge in [-0.05, 0) is 38.0 Å². The summed E-state index contributed by atoms with van der Waals surface area (Å²) in [6.07, 6.45) is 3.71. The van der Waals surface area contributed by atoms with Crippen LogP contribution in [0.5, 0.6) is 0 Å². The molecule has 130 valence electrons. The lowest BCUT2D eigenvalue weighted by Crippen LogP contribution is -2.38. The predicted molar refractivity (Wildman–Crippen MR) is 97.2 cm³/mol. The van der Waals surface area contributed by atoms with Gasteiger partial charge in [-0.15, -0.1) is 11.3 Å². The summed E-state index contributed by atoms with van der Waals surface area (Å²) >= 11 is 1.69. The van der Waals surface area contributed by atoms with E-state index < -0.39 is 0 Å². The van der Waals surface area contributed by atoms with Crippen molar-refractivity contribution in [1.29, 1.82) is 0 Å². The number of aliphatic imine (C=N–C) groups is 1. The van der Waals surface area contributed by atoms with Crippen molar-refractivity contribution in [2.75, 3.05) is 26.3 Å². The van der Waals surface area contributed by atoms with E-state index in [0.717, 1.165) is 55.3 Å². The molecule has 0 bridgehead atoms. The van der Waals surface area contributed by atoms with Crippen molar-refractivity contribution in [2.24, 2.45) is 10.9 Å². The maximum Gasteiger partial charge on any atom is 0.191 e. The molecule has 1 saturated carbocycles. The van der Waals surface area contributed by atoms with Gasteiger partial charge < -0.3 is 15.4 Å². The number of guanidine groups is 1. The van der Waals surface area contributed by atoms with Crippen LogP contribution in [-0.2, 0) is 11.3 Å². The summed E-state index contributed by atoms with van der Waals surface area (Å²) in [5.74, 6) is 2.18. The maximum absolute atomic E-state index is 5.65. The molecule has 1 aromatic rings. The minimum absolute atomic E-state index is 0.478. The first-order chi connectivity index (χ1) is 11.2. The second-order valence-electron chi connectivity index (χ2n) is 6.31. The first-order valence-electron chi connectivity index (χ1n) is 8.73. The lowest BCUT2D eigenvalue weighted by molar-refractivity contribution is 0.123. The molecule has 0 atom stereocenters. The molecule has 0 amide bonds. The standard InChI is InChI=1S/C17H30N4OS/c1-4-18-17(19-8-5-9-22-11-14-6-7-14)20-10-16-21-15(12-23-16)13(2)3/h12-14H,4-11H2,1-3H3,(H2,18,19,20). The second-order valence-corrected chi connectivity index (χ2v) is 7.26. The van der Waals surface area contributed by atoms with Crippen LogP contribution in [0.15, 0.2) is 10.4 Å². The van der Waals surface area contributed by atoms with Gasteiger partial charge in [0.25, 0.3) is 0 Å². The fourth-order valence-corrected chi connectivity index (χ4v) is 2.95. The summed E-state index contributed by atoms with van der Waals surface area (Å²) in [4.78, 5) is 9.23. The Morgan fingerprint density at radius 2 is 2.26 bits per heavy atom. The van der Waals surface area contributed by atoms with E-state index in [4.69, 9.17) is 4.74 Å². The molecule has 1 fully saturated rings.